The molecule has 0 atom stereocenters. The lowest BCUT2D eigenvalue weighted by molar-refractivity contribution is -0.121. The molecule has 0 bridgehead atoms. The van der Waals surface area contributed by atoms with Crippen LogP contribution < -0.4 is 10.2 Å². The molecule has 0 unspecified atom stereocenters. The number of ether oxygens (including phenoxy) is 1. The van der Waals surface area contributed by atoms with Gasteiger partial charge >= 0.3 is 5.97 Å². The Kier molecular flexibility index (Phi) is 5.54. The van der Waals surface area contributed by atoms with Gasteiger partial charge in [0.25, 0.3) is 5.91 Å². The molecule has 7 nitrogen and oxygen atoms in total. The Morgan fingerprint density at radius 3 is 2.25 bits per heavy atom. The first-order valence-corrected chi connectivity index (χ1v) is 8.86. The molecule has 28 heavy (non-hydrogen) atoms. The van der Waals surface area contributed by atoms with E-state index >= 15 is 0 Å². The first kappa shape index (κ1) is 19.3. The molecule has 0 spiro atoms. The molecule has 2 aromatic carbocycles. The molecule has 1 N–H and O–H groups in total. The summed E-state index contributed by atoms with van der Waals surface area (Å²) in [5.41, 5.74) is 2.99. The largest absolute Gasteiger partial charge is 0.452 e. The summed E-state index contributed by atoms with van der Waals surface area (Å²) in [5, 5.41) is 2.74. The van der Waals surface area contributed by atoms with Crippen molar-refractivity contribution in [3.63, 3.8) is 0 Å². The van der Waals surface area contributed by atoms with E-state index in [0.717, 1.165) is 16.0 Å². The molecule has 1 aliphatic rings. The van der Waals surface area contributed by atoms with Crippen molar-refractivity contribution in [2.24, 2.45) is 0 Å². The molecule has 7 heteroatoms. The minimum atomic E-state index is -0.711. The molecular formula is C21H20N2O5. The molecule has 3 rings (SSSR count). The van der Waals surface area contributed by atoms with Crippen LogP contribution in [0.15, 0.2) is 42.5 Å². The van der Waals surface area contributed by atoms with Crippen molar-refractivity contribution in [3.05, 3.63) is 59.2 Å². The van der Waals surface area contributed by atoms with Gasteiger partial charge in [-0.2, -0.15) is 0 Å². The fraction of sp³-hybridized carbons (Fsp3) is 0.238. The number of rotatable bonds is 5. The van der Waals surface area contributed by atoms with Gasteiger partial charge in [-0.15, -0.1) is 0 Å². The molecule has 3 amide bonds. The van der Waals surface area contributed by atoms with E-state index in [2.05, 4.69) is 5.32 Å². The average molecular weight is 380 g/mol. The summed E-state index contributed by atoms with van der Waals surface area (Å²) in [6.07, 6.45) is 0.317. The maximum absolute atomic E-state index is 12.3. The van der Waals surface area contributed by atoms with E-state index < -0.39 is 18.5 Å². The number of nitrogens with zero attached hydrogens (tertiary/aromatic N) is 1. The van der Waals surface area contributed by atoms with Gasteiger partial charge in [0.05, 0.1) is 11.3 Å². The minimum absolute atomic E-state index is 0.157. The molecule has 1 saturated heterocycles. The van der Waals surface area contributed by atoms with Crippen molar-refractivity contribution in [1.29, 1.82) is 0 Å². The maximum atomic E-state index is 12.3. The van der Waals surface area contributed by atoms with E-state index in [4.69, 9.17) is 4.74 Å². The second-order valence-electron chi connectivity index (χ2n) is 6.56. The molecule has 0 saturated carbocycles. The van der Waals surface area contributed by atoms with Gasteiger partial charge in [-0.1, -0.05) is 24.3 Å². The molecular weight excluding hydrogens is 360 g/mol. The highest BCUT2D eigenvalue weighted by Gasteiger charge is 2.30. The summed E-state index contributed by atoms with van der Waals surface area (Å²) in [4.78, 5) is 49.2. The third-order valence-electron chi connectivity index (χ3n) is 4.47. The molecule has 0 aromatic heterocycles. The number of nitrogens with one attached hydrogen (secondary N) is 1. The first-order chi connectivity index (χ1) is 13.4. The molecule has 0 radical (unpaired) electrons. The lowest BCUT2D eigenvalue weighted by atomic mass is 10.1. The van der Waals surface area contributed by atoms with Crippen LogP contribution >= 0.6 is 0 Å². The zero-order valence-corrected chi connectivity index (χ0v) is 15.7. The van der Waals surface area contributed by atoms with Crippen LogP contribution in [0.2, 0.25) is 0 Å². The molecule has 0 aliphatic carbocycles. The Balaban J connectivity index is 1.64. The van der Waals surface area contributed by atoms with Crippen molar-refractivity contribution in [2.45, 2.75) is 26.7 Å². The molecule has 1 aliphatic heterocycles. The monoisotopic (exact) mass is 380 g/mol. The number of para-hydroxylation sites is 1. The Labute approximate surface area is 162 Å². The highest BCUT2D eigenvalue weighted by molar-refractivity contribution is 6.20. The van der Waals surface area contributed by atoms with E-state index in [-0.39, 0.29) is 30.2 Å². The van der Waals surface area contributed by atoms with Gasteiger partial charge in [-0.25, -0.2) is 4.79 Å². The van der Waals surface area contributed by atoms with E-state index in [0.29, 0.717) is 11.4 Å². The van der Waals surface area contributed by atoms with Gasteiger partial charge in [0.15, 0.2) is 6.61 Å². The van der Waals surface area contributed by atoms with Gasteiger partial charge in [-0.3, -0.25) is 19.3 Å². The first-order valence-electron chi connectivity index (χ1n) is 8.86. The van der Waals surface area contributed by atoms with Crippen LogP contribution in [0.3, 0.4) is 0 Å². The number of hydrogen-bond donors (Lipinski definition) is 1. The molecule has 2 aromatic rings. The van der Waals surface area contributed by atoms with Gasteiger partial charge in [0, 0.05) is 18.5 Å². The van der Waals surface area contributed by atoms with Crippen LogP contribution in [0.4, 0.5) is 11.4 Å². The normalized spacial score (nSPS) is 13.6. The summed E-state index contributed by atoms with van der Waals surface area (Å²) in [5.74, 6) is -1.77. The van der Waals surface area contributed by atoms with Crippen LogP contribution in [-0.4, -0.2) is 30.3 Å². The van der Waals surface area contributed by atoms with Crippen LogP contribution in [0.1, 0.15) is 34.3 Å². The van der Waals surface area contributed by atoms with E-state index in [1.165, 1.54) is 12.1 Å². The number of amides is 3. The quantitative estimate of drug-likeness (QED) is 0.636. The third kappa shape index (κ3) is 4.09. The number of aryl methyl sites for hydroxylation is 2. The highest BCUT2D eigenvalue weighted by atomic mass is 16.5. The number of imide groups is 1. The number of hydrogen-bond acceptors (Lipinski definition) is 5. The van der Waals surface area contributed by atoms with Crippen molar-refractivity contribution >= 4 is 35.1 Å². The topological polar surface area (TPSA) is 92.8 Å². The van der Waals surface area contributed by atoms with Crippen LogP contribution in [0.5, 0.6) is 0 Å². The number of benzene rings is 2. The van der Waals surface area contributed by atoms with Gasteiger partial charge < -0.3 is 10.1 Å². The lowest BCUT2D eigenvalue weighted by Gasteiger charge is -2.15. The van der Waals surface area contributed by atoms with Gasteiger partial charge in [-0.05, 0) is 43.2 Å². The lowest BCUT2D eigenvalue weighted by Crippen LogP contribution is -2.28. The highest BCUT2D eigenvalue weighted by Crippen LogP contribution is 2.24. The Bertz CT molecular complexity index is 931. The number of carbonyl (C=O) groups is 4. The average Bonchev–Trinajstić information content (AvgIpc) is 3.01. The van der Waals surface area contributed by atoms with Crippen molar-refractivity contribution < 1.29 is 23.9 Å². The predicted molar refractivity (Wildman–Crippen MR) is 103 cm³/mol. The predicted octanol–water partition coefficient (Wildman–Crippen LogP) is 2.75. The van der Waals surface area contributed by atoms with Crippen LogP contribution in [0.25, 0.3) is 0 Å². The standard InChI is InChI=1S/C21H20N2O5/c1-13-5-3-6-14(2)20(13)22-17(24)12-28-21(27)15-7-4-8-16(11-15)23-18(25)9-10-19(23)26/h3-8,11H,9-10,12H2,1-2H3,(H,22,24). The fourth-order valence-corrected chi connectivity index (χ4v) is 3.04. The van der Waals surface area contributed by atoms with E-state index in [1.807, 2.05) is 32.0 Å². The summed E-state index contributed by atoms with van der Waals surface area (Å²) < 4.78 is 5.07. The van der Waals surface area contributed by atoms with Crippen molar-refractivity contribution in [1.82, 2.24) is 0 Å². The zero-order valence-electron chi connectivity index (χ0n) is 15.7. The smallest absolute Gasteiger partial charge is 0.338 e. The van der Waals surface area contributed by atoms with E-state index in [9.17, 15) is 19.2 Å². The van der Waals surface area contributed by atoms with Crippen LogP contribution in [0, 0.1) is 13.8 Å². The Morgan fingerprint density at radius 2 is 1.61 bits per heavy atom. The summed E-state index contributed by atoms with van der Waals surface area (Å²) in [6, 6.07) is 11.7. The third-order valence-corrected chi connectivity index (χ3v) is 4.47. The molecule has 1 heterocycles. The summed E-state index contributed by atoms with van der Waals surface area (Å²) in [7, 11) is 0. The van der Waals surface area contributed by atoms with Crippen LogP contribution in [-0.2, 0) is 19.1 Å². The van der Waals surface area contributed by atoms with Gasteiger partial charge in [0.1, 0.15) is 0 Å². The number of esters is 1. The SMILES string of the molecule is Cc1cccc(C)c1NC(=O)COC(=O)c1cccc(N2C(=O)CCC2=O)c1. The second kappa shape index (κ2) is 8.04. The number of anilines is 2. The molecule has 144 valence electrons. The van der Waals surface area contributed by atoms with E-state index in [1.54, 1.807) is 12.1 Å². The molecule has 1 fully saturated rings. The number of carbonyl (C=O) groups excluding carboxylic acids is 4. The second-order valence-corrected chi connectivity index (χ2v) is 6.56. The van der Waals surface area contributed by atoms with Crippen molar-refractivity contribution in [2.75, 3.05) is 16.8 Å². The van der Waals surface area contributed by atoms with Crippen molar-refractivity contribution in [3.8, 4) is 0 Å². The zero-order chi connectivity index (χ0) is 20.3. The van der Waals surface area contributed by atoms with Gasteiger partial charge in [0.2, 0.25) is 11.8 Å². The minimum Gasteiger partial charge on any atom is -0.452 e. The Hall–Kier alpha value is -3.48. The summed E-state index contributed by atoms with van der Waals surface area (Å²) >= 11 is 0. The fourth-order valence-electron chi connectivity index (χ4n) is 3.04. The Morgan fingerprint density at radius 1 is 1.00 bits per heavy atom. The summed E-state index contributed by atoms with van der Waals surface area (Å²) in [6.45, 7) is 3.31. The maximum Gasteiger partial charge on any atom is 0.338 e.